The fourth-order valence-corrected chi connectivity index (χ4v) is 1.75. The molecule has 4 nitrogen and oxygen atoms in total. The molecule has 0 aromatic heterocycles. The molecular weight excluding hydrogens is 264 g/mol. The van der Waals surface area contributed by atoms with E-state index in [1.165, 1.54) is 12.8 Å². The van der Waals surface area contributed by atoms with Crippen molar-refractivity contribution in [2.45, 2.75) is 45.3 Å². The molecule has 0 saturated heterocycles. The molecule has 1 amide bonds. The molecule has 0 unspecified atom stereocenters. The number of hydrogen-bond acceptors (Lipinski definition) is 3. The van der Waals surface area contributed by atoms with Crippen molar-refractivity contribution in [3.8, 4) is 0 Å². The minimum absolute atomic E-state index is 0.493. The predicted molar refractivity (Wildman–Crippen MR) is 78.0 cm³/mol. The standard InChI is InChI=1S/C14H19ClN2O2/c1-14(2,3)19-13(18)17-12-8-10(6-7-11(12)15)16-9-4-5-9/h6-9,16H,4-5H2,1-3H3,(H,17,18). The van der Waals surface area contributed by atoms with Gasteiger partial charge in [0.2, 0.25) is 0 Å². The van der Waals surface area contributed by atoms with Crippen LogP contribution in [0.4, 0.5) is 16.2 Å². The minimum atomic E-state index is -0.527. The topological polar surface area (TPSA) is 50.4 Å². The number of anilines is 2. The summed E-state index contributed by atoms with van der Waals surface area (Å²) in [6.07, 6.45) is 1.88. The number of amides is 1. The number of rotatable bonds is 3. The Labute approximate surface area is 118 Å². The molecule has 2 N–H and O–H groups in total. The first kappa shape index (κ1) is 14.0. The van der Waals surface area contributed by atoms with Gasteiger partial charge < -0.3 is 10.1 Å². The van der Waals surface area contributed by atoms with Gasteiger partial charge in [0.25, 0.3) is 0 Å². The van der Waals surface area contributed by atoms with Gasteiger partial charge in [-0.2, -0.15) is 0 Å². The van der Waals surface area contributed by atoms with Gasteiger partial charge in [-0.05, 0) is 51.8 Å². The van der Waals surface area contributed by atoms with E-state index in [2.05, 4.69) is 10.6 Å². The van der Waals surface area contributed by atoms with Gasteiger partial charge in [-0.3, -0.25) is 5.32 Å². The summed E-state index contributed by atoms with van der Waals surface area (Å²) < 4.78 is 5.20. The molecule has 0 radical (unpaired) electrons. The maximum absolute atomic E-state index is 11.7. The number of hydrogen-bond donors (Lipinski definition) is 2. The van der Waals surface area contributed by atoms with Crippen molar-refractivity contribution in [2.75, 3.05) is 10.6 Å². The number of halogens is 1. The Morgan fingerprint density at radius 3 is 2.63 bits per heavy atom. The number of benzene rings is 1. The number of nitrogens with one attached hydrogen (secondary N) is 2. The Morgan fingerprint density at radius 2 is 2.05 bits per heavy atom. The molecule has 1 saturated carbocycles. The maximum Gasteiger partial charge on any atom is 0.412 e. The average molecular weight is 283 g/mol. The van der Waals surface area contributed by atoms with E-state index in [-0.39, 0.29) is 0 Å². The molecule has 0 heterocycles. The molecule has 1 aromatic carbocycles. The van der Waals surface area contributed by atoms with E-state index >= 15 is 0 Å². The summed E-state index contributed by atoms with van der Waals surface area (Å²) in [6.45, 7) is 5.46. The van der Waals surface area contributed by atoms with E-state index in [0.29, 0.717) is 16.8 Å². The van der Waals surface area contributed by atoms with Crippen LogP contribution in [-0.4, -0.2) is 17.7 Å². The Balaban J connectivity index is 2.03. The Kier molecular flexibility index (Phi) is 3.90. The number of carbonyl (C=O) groups is 1. The molecule has 0 spiro atoms. The lowest BCUT2D eigenvalue weighted by molar-refractivity contribution is 0.0636. The second kappa shape index (κ2) is 5.29. The summed E-state index contributed by atoms with van der Waals surface area (Å²) >= 11 is 6.07. The summed E-state index contributed by atoms with van der Waals surface area (Å²) in [5, 5.41) is 6.51. The van der Waals surface area contributed by atoms with Gasteiger partial charge in [0.1, 0.15) is 5.60 Å². The van der Waals surface area contributed by atoms with E-state index in [0.717, 1.165) is 5.69 Å². The van der Waals surface area contributed by atoms with Gasteiger partial charge in [0, 0.05) is 11.7 Å². The Hall–Kier alpha value is -1.42. The van der Waals surface area contributed by atoms with Crippen molar-refractivity contribution >= 4 is 29.1 Å². The van der Waals surface area contributed by atoms with E-state index in [4.69, 9.17) is 16.3 Å². The smallest absolute Gasteiger partial charge is 0.412 e. The van der Waals surface area contributed by atoms with Crippen LogP contribution in [0, 0.1) is 0 Å². The fourth-order valence-electron chi connectivity index (χ4n) is 1.59. The van der Waals surface area contributed by atoms with Crippen LogP contribution in [0.3, 0.4) is 0 Å². The van der Waals surface area contributed by atoms with Crippen LogP contribution < -0.4 is 10.6 Å². The first-order chi connectivity index (χ1) is 8.83. The van der Waals surface area contributed by atoms with Crippen LogP contribution in [0.5, 0.6) is 0 Å². The van der Waals surface area contributed by atoms with Gasteiger partial charge in [-0.1, -0.05) is 11.6 Å². The second-order valence-electron chi connectivity index (χ2n) is 5.74. The summed E-state index contributed by atoms with van der Waals surface area (Å²) in [7, 11) is 0. The molecule has 0 atom stereocenters. The van der Waals surface area contributed by atoms with Crippen LogP contribution in [0.15, 0.2) is 18.2 Å². The third kappa shape index (κ3) is 4.63. The highest BCUT2D eigenvalue weighted by molar-refractivity contribution is 6.33. The molecule has 0 bridgehead atoms. The molecule has 5 heteroatoms. The molecule has 0 aliphatic heterocycles. The number of ether oxygens (including phenoxy) is 1. The molecule has 2 rings (SSSR count). The van der Waals surface area contributed by atoms with Gasteiger partial charge in [0.15, 0.2) is 0 Å². The number of carbonyl (C=O) groups excluding carboxylic acids is 1. The van der Waals surface area contributed by atoms with E-state index in [9.17, 15) is 4.79 Å². The SMILES string of the molecule is CC(C)(C)OC(=O)Nc1cc(NC2CC2)ccc1Cl. The fraction of sp³-hybridized carbons (Fsp3) is 0.500. The van der Waals surface area contributed by atoms with Gasteiger partial charge >= 0.3 is 6.09 Å². The largest absolute Gasteiger partial charge is 0.444 e. The first-order valence-electron chi connectivity index (χ1n) is 6.39. The van der Waals surface area contributed by atoms with Gasteiger partial charge in [0.05, 0.1) is 10.7 Å². The molecule has 104 valence electrons. The van der Waals surface area contributed by atoms with Crippen molar-refractivity contribution < 1.29 is 9.53 Å². The monoisotopic (exact) mass is 282 g/mol. The van der Waals surface area contributed by atoms with Crippen LogP contribution in [0.25, 0.3) is 0 Å². The molecular formula is C14H19ClN2O2. The maximum atomic E-state index is 11.7. The minimum Gasteiger partial charge on any atom is -0.444 e. The average Bonchev–Trinajstić information content (AvgIpc) is 3.04. The van der Waals surface area contributed by atoms with Crippen LogP contribution in [-0.2, 0) is 4.74 Å². The zero-order valence-electron chi connectivity index (χ0n) is 11.4. The highest BCUT2D eigenvalue weighted by Crippen LogP contribution is 2.30. The lowest BCUT2D eigenvalue weighted by Crippen LogP contribution is -2.27. The lowest BCUT2D eigenvalue weighted by atomic mass is 10.2. The predicted octanol–water partition coefficient (Wildman–Crippen LogP) is 4.26. The third-order valence-corrected chi connectivity index (χ3v) is 2.88. The second-order valence-corrected chi connectivity index (χ2v) is 6.15. The van der Waals surface area contributed by atoms with E-state index in [1.807, 2.05) is 32.9 Å². The molecule has 1 aliphatic rings. The summed E-state index contributed by atoms with van der Waals surface area (Å²) in [4.78, 5) is 11.7. The van der Waals surface area contributed by atoms with Crippen molar-refractivity contribution in [3.05, 3.63) is 23.2 Å². The lowest BCUT2D eigenvalue weighted by Gasteiger charge is -2.20. The van der Waals surface area contributed by atoms with Crippen molar-refractivity contribution in [2.24, 2.45) is 0 Å². The van der Waals surface area contributed by atoms with Crippen molar-refractivity contribution in [1.29, 1.82) is 0 Å². The van der Waals surface area contributed by atoms with E-state index in [1.54, 1.807) is 6.07 Å². The highest BCUT2D eigenvalue weighted by Gasteiger charge is 2.21. The zero-order valence-corrected chi connectivity index (χ0v) is 12.2. The molecule has 1 aromatic rings. The van der Waals surface area contributed by atoms with Crippen molar-refractivity contribution in [1.82, 2.24) is 0 Å². The summed E-state index contributed by atoms with van der Waals surface area (Å²) in [5.74, 6) is 0. The molecule has 1 aliphatic carbocycles. The van der Waals surface area contributed by atoms with Crippen LogP contribution >= 0.6 is 11.6 Å². The molecule has 1 fully saturated rings. The Morgan fingerprint density at radius 1 is 1.37 bits per heavy atom. The Bertz CT molecular complexity index is 479. The van der Waals surface area contributed by atoms with Crippen molar-refractivity contribution in [3.63, 3.8) is 0 Å². The highest BCUT2D eigenvalue weighted by atomic mass is 35.5. The third-order valence-electron chi connectivity index (χ3n) is 2.55. The summed E-state index contributed by atoms with van der Waals surface area (Å²) in [5.41, 5.74) is 0.986. The first-order valence-corrected chi connectivity index (χ1v) is 6.77. The van der Waals surface area contributed by atoms with Crippen LogP contribution in [0.1, 0.15) is 33.6 Å². The normalized spacial score (nSPS) is 14.9. The van der Waals surface area contributed by atoms with Gasteiger partial charge in [-0.15, -0.1) is 0 Å². The zero-order chi connectivity index (χ0) is 14.0. The summed E-state index contributed by atoms with van der Waals surface area (Å²) in [6, 6.07) is 6.04. The molecule has 19 heavy (non-hydrogen) atoms. The van der Waals surface area contributed by atoms with Gasteiger partial charge in [-0.25, -0.2) is 4.79 Å². The van der Waals surface area contributed by atoms with Crippen LogP contribution in [0.2, 0.25) is 5.02 Å². The van der Waals surface area contributed by atoms with E-state index < -0.39 is 11.7 Å². The quantitative estimate of drug-likeness (QED) is 0.871.